The summed E-state index contributed by atoms with van der Waals surface area (Å²) >= 11 is 0. The molecule has 0 spiro atoms. The van der Waals surface area contributed by atoms with Crippen LogP contribution < -0.4 is 5.32 Å². The van der Waals surface area contributed by atoms with Gasteiger partial charge in [-0.05, 0) is 6.92 Å². The van der Waals surface area contributed by atoms with Gasteiger partial charge in [0.2, 0.25) is 0 Å². The normalized spacial score (nSPS) is 11.0. The lowest BCUT2D eigenvalue weighted by Crippen LogP contribution is -2.26. The van der Waals surface area contributed by atoms with Gasteiger partial charge in [-0.3, -0.25) is 4.79 Å². The van der Waals surface area contributed by atoms with Crippen LogP contribution in [0.2, 0.25) is 0 Å². The molecule has 1 aromatic heterocycles. The third kappa shape index (κ3) is 4.14. The number of hydrogen-bond donors (Lipinski definition) is 1. The van der Waals surface area contributed by atoms with E-state index in [4.69, 9.17) is 0 Å². The topological polar surface area (TPSA) is 46.9 Å². The molecule has 1 aromatic rings. The fourth-order valence-electron chi connectivity index (χ4n) is 1.56. The van der Waals surface area contributed by atoms with Gasteiger partial charge in [0, 0.05) is 37.9 Å². The highest BCUT2D eigenvalue weighted by Crippen LogP contribution is 2.00. The Labute approximate surface area is 97.1 Å². The summed E-state index contributed by atoms with van der Waals surface area (Å²) in [7, 11) is 0. The van der Waals surface area contributed by atoms with Gasteiger partial charge in [-0.1, -0.05) is 13.8 Å². The van der Waals surface area contributed by atoms with Crippen LogP contribution in [0.5, 0.6) is 0 Å². The molecule has 0 bridgehead atoms. The highest BCUT2D eigenvalue weighted by atomic mass is 16.1. The number of nitrogens with one attached hydrogen (secondary N) is 1. The predicted molar refractivity (Wildman–Crippen MR) is 64.4 cm³/mol. The molecule has 0 aliphatic rings. The number of hydrogen-bond acceptors (Lipinski definition) is 3. The Hall–Kier alpha value is -1.16. The fraction of sp³-hybridized carbons (Fsp3) is 0.667. The van der Waals surface area contributed by atoms with Crippen LogP contribution in [0.15, 0.2) is 12.4 Å². The number of nitrogens with zero attached hydrogens (tertiary/aromatic N) is 2. The van der Waals surface area contributed by atoms with Gasteiger partial charge in [0.1, 0.15) is 11.6 Å². The first-order valence-corrected chi connectivity index (χ1v) is 5.88. The molecule has 1 rings (SSSR count). The Bertz CT molecular complexity index is 331. The van der Waals surface area contributed by atoms with E-state index in [9.17, 15) is 4.79 Å². The van der Waals surface area contributed by atoms with Gasteiger partial charge in [0.25, 0.3) is 0 Å². The molecule has 4 heteroatoms. The molecule has 0 unspecified atom stereocenters. The molecule has 0 aliphatic carbocycles. The minimum absolute atomic E-state index is 0.244. The van der Waals surface area contributed by atoms with Crippen molar-refractivity contribution < 1.29 is 4.79 Å². The number of carbonyl (C=O) groups is 1. The number of rotatable bonds is 7. The van der Waals surface area contributed by atoms with E-state index in [1.807, 2.05) is 10.8 Å². The summed E-state index contributed by atoms with van der Waals surface area (Å²) < 4.78 is 2.01. The quantitative estimate of drug-likeness (QED) is 0.760. The standard InChI is InChI=1S/C12H21N3O/c1-4-15-8-7-14-12(15)9-11(16)5-6-13-10(2)3/h7-8,10,13H,4-6,9H2,1-3H3. The van der Waals surface area contributed by atoms with Crippen LogP contribution in [0.4, 0.5) is 0 Å². The number of aryl methyl sites for hydroxylation is 1. The predicted octanol–water partition coefficient (Wildman–Crippen LogP) is 1.40. The highest BCUT2D eigenvalue weighted by Gasteiger charge is 2.08. The van der Waals surface area contributed by atoms with Gasteiger partial charge in [-0.25, -0.2) is 4.98 Å². The Morgan fingerprint density at radius 2 is 2.31 bits per heavy atom. The second-order valence-corrected chi connectivity index (χ2v) is 4.20. The summed E-state index contributed by atoms with van der Waals surface area (Å²) in [6.45, 7) is 7.83. The van der Waals surface area contributed by atoms with Crippen molar-refractivity contribution in [3.05, 3.63) is 18.2 Å². The number of imidazole rings is 1. The highest BCUT2D eigenvalue weighted by molar-refractivity contribution is 5.80. The molecule has 4 nitrogen and oxygen atoms in total. The smallest absolute Gasteiger partial charge is 0.141 e. The van der Waals surface area contributed by atoms with Gasteiger partial charge in [0.05, 0.1) is 6.42 Å². The van der Waals surface area contributed by atoms with E-state index in [0.29, 0.717) is 18.9 Å². The molecule has 0 aromatic carbocycles. The third-order valence-corrected chi connectivity index (χ3v) is 2.45. The summed E-state index contributed by atoms with van der Waals surface area (Å²) in [5.41, 5.74) is 0. The summed E-state index contributed by atoms with van der Waals surface area (Å²) in [5.74, 6) is 1.12. The first-order valence-electron chi connectivity index (χ1n) is 5.88. The maximum absolute atomic E-state index is 11.7. The first-order chi connectivity index (χ1) is 7.63. The van der Waals surface area contributed by atoms with Crippen molar-refractivity contribution in [1.29, 1.82) is 0 Å². The van der Waals surface area contributed by atoms with Crippen molar-refractivity contribution in [2.75, 3.05) is 6.54 Å². The number of aromatic nitrogens is 2. The summed E-state index contributed by atoms with van der Waals surface area (Å²) in [6.07, 6.45) is 4.68. The van der Waals surface area contributed by atoms with E-state index in [-0.39, 0.29) is 5.78 Å². The molecule has 0 aliphatic heterocycles. The van der Waals surface area contributed by atoms with Crippen LogP contribution in [0.25, 0.3) is 0 Å². The monoisotopic (exact) mass is 223 g/mol. The van der Waals surface area contributed by atoms with Crippen LogP contribution in [0, 0.1) is 0 Å². The second-order valence-electron chi connectivity index (χ2n) is 4.20. The third-order valence-electron chi connectivity index (χ3n) is 2.45. The lowest BCUT2D eigenvalue weighted by molar-refractivity contribution is -0.118. The maximum atomic E-state index is 11.7. The number of Topliss-reactive ketones (excluding diaryl/α,β-unsaturated/α-hetero) is 1. The van der Waals surface area contributed by atoms with Crippen LogP contribution in [0.3, 0.4) is 0 Å². The molecule has 90 valence electrons. The van der Waals surface area contributed by atoms with Crippen molar-refractivity contribution in [2.24, 2.45) is 0 Å². The van der Waals surface area contributed by atoms with E-state index < -0.39 is 0 Å². The average molecular weight is 223 g/mol. The Morgan fingerprint density at radius 3 is 2.94 bits per heavy atom. The zero-order chi connectivity index (χ0) is 12.0. The van der Waals surface area contributed by atoms with Crippen LogP contribution in [-0.2, 0) is 17.8 Å². The molecular formula is C12H21N3O. The second kappa shape index (κ2) is 6.43. The molecule has 16 heavy (non-hydrogen) atoms. The zero-order valence-corrected chi connectivity index (χ0v) is 10.4. The van der Waals surface area contributed by atoms with E-state index in [2.05, 4.69) is 31.1 Å². The number of ketones is 1. The van der Waals surface area contributed by atoms with Crippen molar-refractivity contribution in [2.45, 2.75) is 46.2 Å². The maximum Gasteiger partial charge on any atom is 0.141 e. The van der Waals surface area contributed by atoms with Crippen LogP contribution in [-0.4, -0.2) is 27.9 Å². The van der Waals surface area contributed by atoms with Crippen molar-refractivity contribution >= 4 is 5.78 Å². The molecule has 0 amide bonds. The molecule has 1 N–H and O–H groups in total. The zero-order valence-electron chi connectivity index (χ0n) is 10.4. The van der Waals surface area contributed by atoms with E-state index in [0.717, 1.165) is 18.9 Å². The van der Waals surface area contributed by atoms with Crippen molar-refractivity contribution in [3.63, 3.8) is 0 Å². The van der Waals surface area contributed by atoms with Crippen molar-refractivity contribution in [3.8, 4) is 0 Å². The van der Waals surface area contributed by atoms with Gasteiger partial charge < -0.3 is 9.88 Å². The van der Waals surface area contributed by atoms with Gasteiger partial charge >= 0.3 is 0 Å². The number of carbonyl (C=O) groups excluding carboxylic acids is 1. The molecule has 0 fully saturated rings. The molecule has 1 heterocycles. The Kier molecular flexibility index (Phi) is 5.19. The minimum Gasteiger partial charge on any atom is -0.335 e. The van der Waals surface area contributed by atoms with Gasteiger partial charge in [0.15, 0.2) is 0 Å². The lowest BCUT2D eigenvalue weighted by Gasteiger charge is -2.07. The molecule has 0 saturated carbocycles. The SMILES string of the molecule is CCn1ccnc1CC(=O)CCNC(C)C. The summed E-state index contributed by atoms with van der Waals surface area (Å²) in [5, 5.41) is 3.24. The minimum atomic E-state index is 0.244. The van der Waals surface area contributed by atoms with E-state index in [1.54, 1.807) is 6.20 Å². The average Bonchev–Trinajstić information content (AvgIpc) is 2.64. The van der Waals surface area contributed by atoms with Crippen molar-refractivity contribution in [1.82, 2.24) is 14.9 Å². The Balaban J connectivity index is 2.34. The fourth-order valence-corrected chi connectivity index (χ4v) is 1.56. The van der Waals surface area contributed by atoms with Gasteiger partial charge in [-0.15, -0.1) is 0 Å². The summed E-state index contributed by atoms with van der Waals surface area (Å²) in [4.78, 5) is 15.9. The Morgan fingerprint density at radius 1 is 1.56 bits per heavy atom. The van der Waals surface area contributed by atoms with Gasteiger partial charge in [-0.2, -0.15) is 0 Å². The largest absolute Gasteiger partial charge is 0.335 e. The molecular weight excluding hydrogens is 202 g/mol. The van der Waals surface area contributed by atoms with Crippen LogP contribution in [0.1, 0.15) is 33.0 Å². The van der Waals surface area contributed by atoms with E-state index in [1.165, 1.54) is 0 Å². The first kappa shape index (κ1) is 12.9. The van der Waals surface area contributed by atoms with E-state index >= 15 is 0 Å². The lowest BCUT2D eigenvalue weighted by atomic mass is 10.2. The molecule has 0 atom stereocenters. The van der Waals surface area contributed by atoms with Crippen LogP contribution >= 0.6 is 0 Å². The molecule has 0 saturated heterocycles. The summed E-state index contributed by atoms with van der Waals surface area (Å²) in [6, 6.07) is 0.436. The molecule has 0 radical (unpaired) electrons.